The predicted molar refractivity (Wildman–Crippen MR) is 61.9 cm³/mol. The first-order chi connectivity index (χ1) is 8.52. The second-order valence-corrected chi connectivity index (χ2v) is 4.30. The highest BCUT2D eigenvalue weighted by Crippen LogP contribution is 2.27. The van der Waals surface area contributed by atoms with E-state index in [1.54, 1.807) is 0 Å². The molecule has 0 saturated heterocycles. The largest absolute Gasteiger partial charge is 0.480 e. The maximum Gasteiger partial charge on any atom is 0.326 e. The van der Waals surface area contributed by atoms with E-state index in [9.17, 15) is 14.4 Å². The molecule has 1 fully saturated rings. The molecule has 0 aromatic rings. The number of carboxylic acid groups (broad SMARTS) is 1. The first-order valence-corrected chi connectivity index (χ1v) is 5.87. The van der Waals surface area contributed by atoms with Crippen molar-refractivity contribution < 1.29 is 24.2 Å². The van der Waals surface area contributed by atoms with Crippen LogP contribution in [0.5, 0.6) is 0 Å². The molecule has 7 nitrogen and oxygen atoms in total. The van der Waals surface area contributed by atoms with Crippen molar-refractivity contribution >= 4 is 18.0 Å². The number of rotatable bonds is 7. The van der Waals surface area contributed by atoms with Gasteiger partial charge in [-0.1, -0.05) is 0 Å². The van der Waals surface area contributed by atoms with Crippen molar-refractivity contribution in [2.45, 2.75) is 31.7 Å². The number of esters is 1. The van der Waals surface area contributed by atoms with Crippen molar-refractivity contribution in [2.24, 2.45) is 5.92 Å². The number of hydrogen-bond acceptors (Lipinski definition) is 4. The Morgan fingerprint density at radius 3 is 2.56 bits per heavy atom. The van der Waals surface area contributed by atoms with Gasteiger partial charge in [0.25, 0.3) is 0 Å². The van der Waals surface area contributed by atoms with Gasteiger partial charge in [0.15, 0.2) is 0 Å². The summed E-state index contributed by atoms with van der Waals surface area (Å²) < 4.78 is 4.41. The number of aliphatic carboxylic acids is 1. The zero-order valence-corrected chi connectivity index (χ0v) is 10.3. The Bertz CT molecular complexity index is 327. The van der Waals surface area contributed by atoms with Crippen LogP contribution in [0.3, 0.4) is 0 Å². The van der Waals surface area contributed by atoms with E-state index in [0.717, 1.165) is 12.8 Å². The van der Waals surface area contributed by atoms with Crippen molar-refractivity contribution in [1.82, 2.24) is 10.6 Å². The average Bonchev–Trinajstić information content (AvgIpc) is 3.14. The highest BCUT2D eigenvalue weighted by Gasteiger charge is 2.24. The summed E-state index contributed by atoms with van der Waals surface area (Å²) in [4.78, 5) is 33.2. The summed E-state index contributed by atoms with van der Waals surface area (Å²) in [5.41, 5.74) is 0. The zero-order valence-electron chi connectivity index (χ0n) is 10.3. The van der Waals surface area contributed by atoms with Gasteiger partial charge in [-0.2, -0.15) is 0 Å². The molecular formula is C11H18N2O5. The summed E-state index contributed by atoms with van der Waals surface area (Å²) in [6.45, 7) is 0.565. The van der Waals surface area contributed by atoms with Gasteiger partial charge in [-0.3, -0.25) is 4.79 Å². The molecule has 0 aliphatic heterocycles. The number of hydrogen-bond donors (Lipinski definition) is 3. The van der Waals surface area contributed by atoms with Crippen LogP contribution in [0.15, 0.2) is 0 Å². The number of ether oxygens (including phenoxy) is 1. The summed E-state index contributed by atoms with van der Waals surface area (Å²) >= 11 is 0. The number of methoxy groups -OCH3 is 1. The Morgan fingerprint density at radius 1 is 1.39 bits per heavy atom. The first kappa shape index (κ1) is 14.3. The minimum atomic E-state index is -1.17. The number of amides is 2. The van der Waals surface area contributed by atoms with Gasteiger partial charge in [0, 0.05) is 13.0 Å². The van der Waals surface area contributed by atoms with Crippen LogP contribution in [0, 0.1) is 5.92 Å². The third-order valence-corrected chi connectivity index (χ3v) is 2.72. The van der Waals surface area contributed by atoms with Crippen molar-refractivity contribution in [3.8, 4) is 0 Å². The molecule has 1 aliphatic rings. The highest BCUT2D eigenvalue weighted by molar-refractivity contribution is 5.83. The lowest BCUT2D eigenvalue weighted by molar-refractivity contribution is -0.142. The van der Waals surface area contributed by atoms with E-state index in [4.69, 9.17) is 5.11 Å². The molecule has 0 aromatic carbocycles. The second-order valence-electron chi connectivity index (χ2n) is 4.30. The summed E-state index contributed by atoms with van der Waals surface area (Å²) in [7, 11) is 1.23. The third kappa shape index (κ3) is 5.51. The maximum atomic E-state index is 11.4. The smallest absolute Gasteiger partial charge is 0.326 e. The quantitative estimate of drug-likeness (QED) is 0.562. The van der Waals surface area contributed by atoms with Gasteiger partial charge in [-0.15, -0.1) is 0 Å². The van der Waals surface area contributed by atoms with E-state index in [0.29, 0.717) is 12.5 Å². The molecule has 0 aromatic heterocycles. The fourth-order valence-electron chi connectivity index (χ4n) is 1.39. The van der Waals surface area contributed by atoms with Gasteiger partial charge in [0.05, 0.1) is 7.11 Å². The molecule has 1 atom stereocenters. The number of nitrogens with one attached hydrogen (secondary N) is 2. The summed E-state index contributed by atoms with van der Waals surface area (Å²) in [5.74, 6) is -1.14. The molecule has 7 heteroatoms. The van der Waals surface area contributed by atoms with Crippen LogP contribution >= 0.6 is 0 Å². The Kier molecular flexibility index (Phi) is 5.41. The van der Waals surface area contributed by atoms with Crippen molar-refractivity contribution in [1.29, 1.82) is 0 Å². The van der Waals surface area contributed by atoms with Gasteiger partial charge in [-0.05, 0) is 25.2 Å². The molecule has 1 aliphatic carbocycles. The molecular weight excluding hydrogens is 240 g/mol. The number of urea groups is 1. The Hall–Kier alpha value is -1.79. The molecule has 0 unspecified atom stereocenters. The molecule has 1 rings (SSSR count). The normalized spacial score (nSPS) is 15.6. The van der Waals surface area contributed by atoms with E-state index in [-0.39, 0.29) is 12.8 Å². The summed E-state index contributed by atoms with van der Waals surface area (Å²) in [5, 5.41) is 13.8. The minimum Gasteiger partial charge on any atom is -0.480 e. The second kappa shape index (κ2) is 6.83. The Labute approximate surface area is 105 Å². The summed E-state index contributed by atoms with van der Waals surface area (Å²) in [6, 6.07) is -1.59. The maximum absolute atomic E-state index is 11.4. The van der Waals surface area contributed by atoms with E-state index in [1.807, 2.05) is 0 Å². The van der Waals surface area contributed by atoms with Crippen LogP contribution in [0.2, 0.25) is 0 Å². The molecule has 1 saturated carbocycles. The van der Waals surface area contributed by atoms with Gasteiger partial charge in [0.2, 0.25) is 0 Å². The van der Waals surface area contributed by atoms with Crippen molar-refractivity contribution in [3.05, 3.63) is 0 Å². The molecule has 3 N–H and O–H groups in total. The Balaban J connectivity index is 2.28. The van der Waals surface area contributed by atoms with Crippen LogP contribution in [0.1, 0.15) is 25.7 Å². The fraction of sp³-hybridized carbons (Fsp3) is 0.727. The van der Waals surface area contributed by atoms with E-state index in [1.165, 1.54) is 7.11 Å². The topological polar surface area (TPSA) is 105 Å². The van der Waals surface area contributed by atoms with Crippen LogP contribution in [-0.4, -0.2) is 42.8 Å². The van der Waals surface area contributed by atoms with Crippen molar-refractivity contribution in [3.63, 3.8) is 0 Å². The van der Waals surface area contributed by atoms with Gasteiger partial charge >= 0.3 is 18.0 Å². The van der Waals surface area contributed by atoms with E-state index in [2.05, 4.69) is 15.4 Å². The molecule has 0 heterocycles. The molecule has 102 valence electrons. The number of carboxylic acids is 1. The van der Waals surface area contributed by atoms with Crippen LogP contribution < -0.4 is 10.6 Å². The average molecular weight is 258 g/mol. The predicted octanol–water partition coefficient (Wildman–Crippen LogP) is 0.102. The van der Waals surface area contributed by atoms with E-state index < -0.39 is 24.0 Å². The molecule has 0 spiro atoms. The SMILES string of the molecule is COC(=O)CC[C@@H](NC(=O)NCC1CC1)C(=O)O. The summed E-state index contributed by atoms with van der Waals surface area (Å²) in [6.07, 6.45) is 2.17. The lowest BCUT2D eigenvalue weighted by Gasteiger charge is -2.14. The molecule has 0 radical (unpaired) electrons. The van der Waals surface area contributed by atoms with Gasteiger partial charge in [-0.25, -0.2) is 9.59 Å². The fourth-order valence-corrected chi connectivity index (χ4v) is 1.39. The monoisotopic (exact) mass is 258 g/mol. The standard InChI is InChI=1S/C11H18N2O5/c1-18-9(14)5-4-8(10(15)16)13-11(17)12-6-7-2-3-7/h7-8H,2-6H2,1H3,(H,15,16)(H2,12,13,17)/t8-/m1/s1. The first-order valence-electron chi connectivity index (χ1n) is 5.87. The third-order valence-electron chi connectivity index (χ3n) is 2.72. The van der Waals surface area contributed by atoms with E-state index >= 15 is 0 Å². The molecule has 18 heavy (non-hydrogen) atoms. The zero-order chi connectivity index (χ0) is 13.5. The van der Waals surface area contributed by atoms with Gasteiger partial charge in [0.1, 0.15) is 6.04 Å². The van der Waals surface area contributed by atoms with Crippen molar-refractivity contribution in [2.75, 3.05) is 13.7 Å². The lowest BCUT2D eigenvalue weighted by Crippen LogP contribution is -2.46. The lowest BCUT2D eigenvalue weighted by atomic mass is 10.1. The molecule has 0 bridgehead atoms. The van der Waals surface area contributed by atoms with Crippen LogP contribution in [0.25, 0.3) is 0 Å². The van der Waals surface area contributed by atoms with Crippen LogP contribution in [-0.2, 0) is 14.3 Å². The van der Waals surface area contributed by atoms with Crippen LogP contribution in [0.4, 0.5) is 4.79 Å². The Morgan fingerprint density at radius 2 is 2.06 bits per heavy atom. The van der Waals surface area contributed by atoms with Gasteiger partial charge < -0.3 is 20.5 Å². The number of carbonyl (C=O) groups excluding carboxylic acids is 2. The number of carbonyl (C=O) groups is 3. The molecule has 2 amide bonds. The minimum absolute atomic E-state index is 0.0128. The highest BCUT2D eigenvalue weighted by atomic mass is 16.5.